The van der Waals surface area contributed by atoms with Gasteiger partial charge < -0.3 is 15.1 Å². The summed E-state index contributed by atoms with van der Waals surface area (Å²) >= 11 is 1.91. The molecule has 1 aliphatic heterocycles. The molecule has 2 N–H and O–H groups in total. The minimum absolute atomic E-state index is 0.0913. The van der Waals surface area contributed by atoms with Crippen LogP contribution in [0.1, 0.15) is 37.6 Å². The number of para-hydroxylation sites is 1. The third kappa shape index (κ3) is 3.78. The number of hydrogen-bond acceptors (Lipinski definition) is 4. The first kappa shape index (κ1) is 17.4. The van der Waals surface area contributed by atoms with Crippen molar-refractivity contribution in [3.63, 3.8) is 0 Å². The van der Waals surface area contributed by atoms with E-state index in [4.69, 9.17) is 4.42 Å². The third-order valence-corrected chi connectivity index (χ3v) is 5.71. The van der Waals surface area contributed by atoms with E-state index < -0.39 is 0 Å². The Bertz CT molecular complexity index is 704. The number of fused-ring (bicyclic) bond motifs is 1. The van der Waals surface area contributed by atoms with Gasteiger partial charge in [-0.1, -0.05) is 32.0 Å². The van der Waals surface area contributed by atoms with Gasteiger partial charge in [0, 0.05) is 41.5 Å². The van der Waals surface area contributed by atoms with E-state index in [1.54, 1.807) is 0 Å². The van der Waals surface area contributed by atoms with Crippen molar-refractivity contribution in [2.75, 3.05) is 18.1 Å². The quantitative estimate of drug-likeness (QED) is 0.868. The van der Waals surface area contributed by atoms with E-state index in [9.17, 15) is 4.79 Å². The lowest BCUT2D eigenvalue weighted by Gasteiger charge is -2.25. The van der Waals surface area contributed by atoms with E-state index in [0.717, 1.165) is 40.3 Å². The number of carbonyl (C=O) groups excluding carboxylic acids is 1. The SMILES string of the molecule is Cc1c(C(NC(=O)CC2CSCCN2)C(C)C)oc2ccccc12. The maximum absolute atomic E-state index is 12.5. The average molecular weight is 346 g/mol. The van der Waals surface area contributed by atoms with Gasteiger partial charge in [0.15, 0.2) is 0 Å². The van der Waals surface area contributed by atoms with Crippen LogP contribution in [0.15, 0.2) is 28.7 Å². The summed E-state index contributed by atoms with van der Waals surface area (Å²) in [5.41, 5.74) is 2.01. The van der Waals surface area contributed by atoms with Crippen molar-refractivity contribution >= 4 is 28.6 Å². The first-order valence-corrected chi connectivity index (χ1v) is 9.80. The van der Waals surface area contributed by atoms with Crippen LogP contribution in [0, 0.1) is 12.8 Å². The van der Waals surface area contributed by atoms with Crippen LogP contribution in [0.2, 0.25) is 0 Å². The number of thioether (sulfide) groups is 1. The van der Waals surface area contributed by atoms with E-state index in [2.05, 4.69) is 37.5 Å². The minimum atomic E-state index is -0.0962. The zero-order valence-electron chi connectivity index (χ0n) is 14.6. The molecular weight excluding hydrogens is 320 g/mol. The number of carbonyl (C=O) groups is 1. The van der Waals surface area contributed by atoms with Gasteiger partial charge in [-0.15, -0.1) is 0 Å². The molecule has 0 spiro atoms. The summed E-state index contributed by atoms with van der Waals surface area (Å²) < 4.78 is 6.08. The van der Waals surface area contributed by atoms with Crippen LogP contribution >= 0.6 is 11.8 Å². The Morgan fingerprint density at radius 2 is 2.21 bits per heavy atom. The Morgan fingerprint density at radius 1 is 1.42 bits per heavy atom. The van der Waals surface area contributed by atoms with Crippen LogP contribution in [0.25, 0.3) is 11.0 Å². The summed E-state index contributed by atoms with van der Waals surface area (Å²) in [6.45, 7) is 7.29. The molecule has 0 aliphatic carbocycles. The van der Waals surface area contributed by atoms with E-state index >= 15 is 0 Å². The second-order valence-electron chi connectivity index (χ2n) is 6.81. The molecule has 0 radical (unpaired) electrons. The van der Waals surface area contributed by atoms with Gasteiger partial charge >= 0.3 is 0 Å². The fraction of sp³-hybridized carbons (Fsp3) is 0.526. The first-order chi connectivity index (χ1) is 11.6. The van der Waals surface area contributed by atoms with Crippen molar-refractivity contribution in [3.8, 4) is 0 Å². The lowest BCUT2D eigenvalue weighted by molar-refractivity contribution is -0.122. The summed E-state index contributed by atoms with van der Waals surface area (Å²) in [5.74, 6) is 3.37. The number of aryl methyl sites for hydroxylation is 1. The third-order valence-electron chi connectivity index (χ3n) is 4.58. The molecule has 2 heterocycles. The predicted octanol–water partition coefficient (Wildman–Crippen LogP) is 3.65. The van der Waals surface area contributed by atoms with Crippen molar-refractivity contribution in [3.05, 3.63) is 35.6 Å². The van der Waals surface area contributed by atoms with Crippen molar-refractivity contribution in [1.82, 2.24) is 10.6 Å². The minimum Gasteiger partial charge on any atom is -0.459 e. The Labute approximate surface area is 147 Å². The van der Waals surface area contributed by atoms with E-state index in [1.165, 1.54) is 0 Å². The highest BCUT2D eigenvalue weighted by molar-refractivity contribution is 7.99. The maximum Gasteiger partial charge on any atom is 0.222 e. The molecule has 1 aromatic carbocycles. The molecular formula is C19H26N2O2S. The molecule has 5 heteroatoms. The normalized spacial score (nSPS) is 19.6. The molecule has 1 fully saturated rings. The summed E-state index contributed by atoms with van der Waals surface area (Å²) in [6, 6.07) is 8.22. The standard InChI is InChI=1S/C19H26N2O2S/c1-12(2)18(21-17(22)10-14-11-24-9-8-20-14)19-13(3)15-6-4-5-7-16(15)23-19/h4-7,12,14,18,20H,8-11H2,1-3H3,(H,21,22). The second kappa shape index (κ2) is 7.62. The van der Waals surface area contributed by atoms with Crippen LogP contribution < -0.4 is 10.6 Å². The summed E-state index contributed by atoms with van der Waals surface area (Å²) in [6.07, 6.45) is 0.523. The number of rotatable bonds is 5. The van der Waals surface area contributed by atoms with Gasteiger partial charge in [-0.25, -0.2) is 0 Å². The number of hydrogen-bond donors (Lipinski definition) is 2. The Morgan fingerprint density at radius 3 is 2.88 bits per heavy atom. The molecule has 0 bridgehead atoms. The van der Waals surface area contributed by atoms with Gasteiger partial charge in [-0.05, 0) is 18.9 Å². The highest BCUT2D eigenvalue weighted by Gasteiger charge is 2.26. The molecule has 3 rings (SSSR count). The maximum atomic E-state index is 12.5. The fourth-order valence-corrected chi connectivity index (χ4v) is 4.18. The zero-order chi connectivity index (χ0) is 17.1. The van der Waals surface area contributed by atoms with Gasteiger partial charge in [0.2, 0.25) is 5.91 Å². The molecule has 1 saturated heterocycles. The molecule has 1 aliphatic rings. The van der Waals surface area contributed by atoms with Crippen molar-refractivity contribution in [2.45, 2.75) is 39.3 Å². The van der Waals surface area contributed by atoms with Crippen molar-refractivity contribution in [2.24, 2.45) is 5.92 Å². The average Bonchev–Trinajstić information content (AvgIpc) is 2.90. The van der Waals surface area contributed by atoms with Gasteiger partial charge in [-0.3, -0.25) is 4.79 Å². The van der Waals surface area contributed by atoms with Crippen LogP contribution in [0.5, 0.6) is 0 Å². The van der Waals surface area contributed by atoms with Crippen LogP contribution in [-0.2, 0) is 4.79 Å². The molecule has 2 aromatic rings. The lowest BCUT2D eigenvalue weighted by Crippen LogP contribution is -2.42. The number of benzene rings is 1. The van der Waals surface area contributed by atoms with E-state index in [1.807, 2.05) is 30.0 Å². The summed E-state index contributed by atoms with van der Waals surface area (Å²) in [7, 11) is 0. The smallest absolute Gasteiger partial charge is 0.222 e. The van der Waals surface area contributed by atoms with Crippen molar-refractivity contribution in [1.29, 1.82) is 0 Å². The second-order valence-corrected chi connectivity index (χ2v) is 7.96. The van der Waals surface area contributed by atoms with Crippen molar-refractivity contribution < 1.29 is 9.21 Å². The van der Waals surface area contributed by atoms with Crippen LogP contribution in [0.4, 0.5) is 0 Å². The summed E-state index contributed by atoms with van der Waals surface area (Å²) in [5, 5.41) is 7.74. The number of furan rings is 1. The molecule has 2 atom stereocenters. The topological polar surface area (TPSA) is 54.3 Å². The molecule has 1 aromatic heterocycles. The van der Waals surface area contributed by atoms with Gasteiger partial charge in [0.1, 0.15) is 11.3 Å². The number of nitrogens with one attached hydrogen (secondary N) is 2. The van der Waals surface area contributed by atoms with Gasteiger partial charge in [0.05, 0.1) is 6.04 Å². The molecule has 2 unspecified atom stereocenters. The van der Waals surface area contributed by atoms with Crippen LogP contribution in [-0.4, -0.2) is 30.0 Å². The van der Waals surface area contributed by atoms with E-state index in [-0.39, 0.29) is 23.9 Å². The first-order valence-electron chi connectivity index (χ1n) is 8.64. The van der Waals surface area contributed by atoms with E-state index in [0.29, 0.717) is 6.42 Å². The Kier molecular flexibility index (Phi) is 5.51. The Balaban J connectivity index is 1.76. The highest BCUT2D eigenvalue weighted by Crippen LogP contribution is 2.32. The molecule has 4 nitrogen and oxygen atoms in total. The highest BCUT2D eigenvalue weighted by atomic mass is 32.2. The molecule has 0 saturated carbocycles. The lowest BCUT2D eigenvalue weighted by atomic mass is 9.98. The molecule has 1 amide bonds. The molecule has 130 valence electrons. The zero-order valence-corrected chi connectivity index (χ0v) is 15.4. The summed E-state index contributed by atoms with van der Waals surface area (Å²) in [4.78, 5) is 12.5. The van der Waals surface area contributed by atoms with Gasteiger partial charge in [-0.2, -0.15) is 11.8 Å². The predicted molar refractivity (Wildman–Crippen MR) is 100 cm³/mol. The monoisotopic (exact) mass is 346 g/mol. The van der Waals surface area contributed by atoms with Gasteiger partial charge in [0.25, 0.3) is 0 Å². The van der Waals surface area contributed by atoms with Crippen LogP contribution in [0.3, 0.4) is 0 Å². The Hall–Kier alpha value is -1.46. The largest absolute Gasteiger partial charge is 0.459 e. The fourth-order valence-electron chi connectivity index (χ4n) is 3.23. The number of amides is 1. The molecule has 24 heavy (non-hydrogen) atoms.